The molecule has 0 aliphatic carbocycles. The van der Waals surface area contributed by atoms with Gasteiger partial charge in [-0.1, -0.05) is 12.1 Å². The van der Waals surface area contributed by atoms with Crippen molar-refractivity contribution in [3.8, 4) is 5.75 Å². The van der Waals surface area contributed by atoms with Crippen LogP contribution in [-0.4, -0.2) is 13.9 Å². The summed E-state index contributed by atoms with van der Waals surface area (Å²) in [5.41, 5.74) is 0.586. The smallest absolute Gasteiger partial charge is 0.769 e. The second-order valence-corrected chi connectivity index (χ2v) is 5.30. The second kappa shape index (κ2) is 5.77. The minimum Gasteiger partial charge on any atom is -0.769 e. The van der Waals surface area contributed by atoms with Gasteiger partial charge in [-0.3, -0.25) is 4.21 Å². The molecular formula is C7H7KO3S2. The van der Waals surface area contributed by atoms with Crippen molar-refractivity contribution in [3.05, 3.63) is 29.8 Å². The van der Waals surface area contributed by atoms with Gasteiger partial charge in [0.15, 0.2) is 0 Å². The summed E-state index contributed by atoms with van der Waals surface area (Å²) in [6.45, 7) is 0. The van der Waals surface area contributed by atoms with Crippen molar-refractivity contribution in [1.82, 2.24) is 0 Å². The number of phenolic OH excluding ortho intramolecular Hbond substituents is 1. The maximum Gasteiger partial charge on any atom is 1.00 e. The molecule has 0 aliphatic rings. The normalized spacial score (nSPS) is 14.2. The zero-order chi connectivity index (χ0) is 9.19. The first-order valence-electron chi connectivity index (χ1n) is 3.19. The van der Waals surface area contributed by atoms with Gasteiger partial charge in [-0.15, -0.1) is 0 Å². The molecule has 1 rings (SSSR count). The molecule has 0 amide bonds. The second-order valence-electron chi connectivity index (χ2n) is 2.37. The van der Waals surface area contributed by atoms with E-state index in [1.807, 2.05) is 0 Å². The summed E-state index contributed by atoms with van der Waals surface area (Å²) in [6.07, 6.45) is 0. The third kappa shape index (κ3) is 6.13. The van der Waals surface area contributed by atoms with Crippen LogP contribution in [0.15, 0.2) is 24.3 Å². The van der Waals surface area contributed by atoms with Crippen molar-refractivity contribution in [2.24, 2.45) is 0 Å². The van der Waals surface area contributed by atoms with Gasteiger partial charge in [0.05, 0.1) is 0 Å². The van der Waals surface area contributed by atoms with E-state index < -0.39 is 8.77 Å². The summed E-state index contributed by atoms with van der Waals surface area (Å²) < 4.78 is 21.3. The van der Waals surface area contributed by atoms with Crippen molar-refractivity contribution in [2.75, 3.05) is 0 Å². The van der Waals surface area contributed by atoms with Crippen LogP contribution in [-0.2, 0) is 25.7 Å². The number of rotatable bonds is 2. The van der Waals surface area contributed by atoms with Crippen LogP contribution in [0.3, 0.4) is 0 Å². The van der Waals surface area contributed by atoms with Crippen molar-refractivity contribution in [1.29, 1.82) is 0 Å². The fourth-order valence-corrected chi connectivity index (χ4v) is 1.81. The van der Waals surface area contributed by atoms with E-state index in [2.05, 4.69) is 11.2 Å². The maximum atomic E-state index is 10.6. The molecule has 0 heterocycles. The van der Waals surface area contributed by atoms with Crippen LogP contribution >= 0.6 is 0 Å². The Kier molecular flexibility index (Phi) is 6.20. The molecule has 13 heavy (non-hydrogen) atoms. The van der Waals surface area contributed by atoms with Crippen molar-refractivity contribution in [3.63, 3.8) is 0 Å². The van der Waals surface area contributed by atoms with Gasteiger partial charge in [0.1, 0.15) is 5.75 Å². The summed E-state index contributed by atoms with van der Waals surface area (Å²) in [5, 5.41) is 8.88. The summed E-state index contributed by atoms with van der Waals surface area (Å²) in [6, 6.07) is 5.91. The van der Waals surface area contributed by atoms with Crippen molar-refractivity contribution < 1.29 is 65.3 Å². The third-order valence-corrected chi connectivity index (χ3v) is 2.32. The van der Waals surface area contributed by atoms with Gasteiger partial charge in [0.25, 0.3) is 0 Å². The summed E-state index contributed by atoms with van der Waals surface area (Å²) in [4.78, 5) is 0. The van der Waals surface area contributed by atoms with Crippen LogP contribution in [0, 0.1) is 0 Å². The molecule has 0 radical (unpaired) electrons. The van der Waals surface area contributed by atoms with E-state index in [1.165, 1.54) is 24.3 Å². The fraction of sp³-hybridized carbons (Fsp3) is 0.143. The van der Waals surface area contributed by atoms with Gasteiger partial charge >= 0.3 is 51.4 Å². The maximum absolute atomic E-state index is 10.6. The standard InChI is InChI=1S/C7H8O3S2.K/c8-7-3-1-6(2-4-7)5-12(9,10)11;/h1-4,8H,5H2,(H,9,10,11);/q;+1/p-1. The third-order valence-electron chi connectivity index (χ3n) is 1.28. The van der Waals surface area contributed by atoms with Crippen molar-refractivity contribution in [2.45, 2.75) is 5.75 Å². The first kappa shape index (κ1) is 14.0. The number of hydrogen-bond acceptors (Lipinski definition) is 4. The molecule has 0 spiro atoms. The number of aromatic hydroxyl groups is 1. The van der Waals surface area contributed by atoms with E-state index in [0.29, 0.717) is 5.56 Å². The van der Waals surface area contributed by atoms with Crippen LogP contribution in [0.1, 0.15) is 5.56 Å². The van der Waals surface area contributed by atoms with Gasteiger partial charge in [0, 0.05) is 5.75 Å². The molecule has 0 aromatic heterocycles. The monoisotopic (exact) mass is 242 g/mol. The Balaban J connectivity index is 0.00000144. The average molecular weight is 242 g/mol. The number of phenols is 1. The molecule has 1 N–H and O–H groups in total. The zero-order valence-electron chi connectivity index (χ0n) is 7.10. The van der Waals surface area contributed by atoms with Gasteiger partial charge in [-0.25, -0.2) is 0 Å². The minimum atomic E-state index is -3.39. The van der Waals surface area contributed by atoms with E-state index in [-0.39, 0.29) is 62.9 Å². The Bertz CT molecular complexity index is 358. The molecule has 0 saturated heterocycles. The molecule has 0 fully saturated rings. The SMILES string of the molecule is O=S([O-])(=S)Cc1ccc(O)cc1.[K+]. The molecule has 6 heteroatoms. The van der Waals surface area contributed by atoms with Crippen LogP contribution in [0.5, 0.6) is 5.75 Å². The molecular weight excluding hydrogens is 235 g/mol. The summed E-state index contributed by atoms with van der Waals surface area (Å²) in [5.74, 6) is -0.0525. The molecule has 1 aromatic rings. The fourth-order valence-electron chi connectivity index (χ4n) is 0.796. The molecule has 1 unspecified atom stereocenters. The van der Waals surface area contributed by atoms with Gasteiger partial charge in [0.2, 0.25) is 0 Å². The van der Waals surface area contributed by atoms with Gasteiger partial charge < -0.3 is 9.66 Å². The largest absolute Gasteiger partial charge is 1.00 e. The molecule has 3 nitrogen and oxygen atoms in total. The van der Waals surface area contributed by atoms with E-state index in [1.54, 1.807) is 0 Å². The van der Waals surface area contributed by atoms with E-state index in [0.717, 1.165) is 0 Å². The molecule has 0 aliphatic heterocycles. The first-order chi connectivity index (χ1) is 5.47. The summed E-state index contributed by atoms with van der Waals surface area (Å²) in [7, 11) is -3.39. The van der Waals surface area contributed by atoms with Crippen LogP contribution in [0.4, 0.5) is 0 Å². The Morgan fingerprint density at radius 2 is 1.85 bits per heavy atom. The van der Waals surface area contributed by atoms with Gasteiger partial charge in [-0.2, -0.15) is 0 Å². The van der Waals surface area contributed by atoms with E-state index >= 15 is 0 Å². The Morgan fingerprint density at radius 3 is 2.23 bits per heavy atom. The topological polar surface area (TPSA) is 60.4 Å². The molecule has 66 valence electrons. The zero-order valence-corrected chi connectivity index (χ0v) is 11.9. The minimum absolute atomic E-state index is 0. The Labute approximate surface area is 124 Å². The van der Waals surface area contributed by atoms with Crippen LogP contribution in [0.25, 0.3) is 0 Å². The quantitative estimate of drug-likeness (QED) is 0.597. The van der Waals surface area contributed by atoms with Crippen LogP contribution in [0.2, 0.25) is 0 Å². The van der Waals surface area contributed by atoms with E-state index in [4.69, 9.17) is 5.11 Å². The Hall–Kier alpha value is 0.986. The number of benzene rings is 1. The van der Waals surface area contributed by atoms with Gasteiger partial charge in [-0.05, 0) is 37.7 Å². The predicted molar refractivity (Wildman–Crippen MR) is 48.1 cm³/mol. The molecule has 1 atom stereocenters. The summed E-state index contributed by atoms with van der Waals surface area (Å²) >= 11 is 4.21. The first-order valence-corrected chi connectivity index (χ1v) is 5.76. The molecule has 1 aromatic carbocycles. The van der Waals surface area contributed by atoms with Crippen molar-refractivity contribution >= 4 is 20.0 Å². The molecule has 0 bridgehead atoms. The average Bonchev–Trinajstić information content (AvgIpc) is 1.91. The molecule has 0 saturated carbocycles. The Morgan fingerprint density at radius 1 is 1.38 bits per heavy atom. The van der Waals surface area contributed by atoms with E-state index in [9.17, 15) is 8.76 Å². The predicted octanol–water partition coefficient (Wildman–Crippen LogP) is -2.23. The number of hydrogen-bond donors (Lipinski definition) is 1. The van der Waals surface area contributed by atoms with Crippen LogP contribution < -0.4 is 51.4 Å².